The summed E-state index contributed by atoms with van der Waals surface area (Å²) in [6.07, 6.45) is 1.73. The predicted octanol–water partition coefficient (Wildman–Crippen LogP) is 3.70. The zero-order valence-corrected chi connectivity index (χ0v) is 11.2. The number of hydrogen-bond donors (Lipinski definition) is 0. The molecule has 1 aromatic rings. The highest BCUT2D eigenvalue weighted by Crippen LogP contribution is 2.19. The van der Waals surface area contributed by atoms with Crippen molar-refractivity contribution in [3.05, 3.63) is 29.8 Å². The normalized spacial score (nSPS) is 10.3. The van der Waals surface area contributed by atoms with Crippen molar-refractivity contribution < 1.29 is 4.79 Å². The standard InChI is InChI=1S/C12H15BrOS/c1-10(14)9-11-3-5-12(6-4-11)15-8-2-7-13/h3-6H,2,7-9H2,1H3. The van der Waals surface area contributed by atoms with E-state index in [-0.39, 0.29) is 5.78 Å². The van der Waals surface area contributed by atoms with Crippen LogP contribution in [0.5, 0.6) is 0 Å². The van der Waals surface area contributed by atoms with Crippen molar-refractivity contribution in [2.75, 3.05) is 11.1 Å². The molecule has 0 N–H and O–H groups in total. The van der Waals surface area contributed by atoms with Crippen LogP contribution in [0.15, 0.2) is 29.2 Å². The molecule has 0 fully saturated rings. The first-order valence-corrected chi connectivity index (χ1v) is 7.10. The van der Waals surface area contributed by atoms with Gasteiger partial charge in [-0.3, -0.25) is 4.79 Å². The van der Waals surface area contributed by atoms with Gasteiger partial charge in [0.1, 0.15) is 5.78 Å². The molecule has 0 atom stereocenters. The quantitative estimate of drug-likeness (QED) is 0.451. The Morgan fingerprint density at radius 2 is 2.00 bits per heavy atom. The number of carbonyl (C=O) groups excluding carboxylic acids is 1. The molecule has 1 nitrogen and oxygen atoms in total. The van der Waals surface area contributed by atoms with Gasteiger partial charge < -0.3 is 0 Å². The second kappa shape index (κ2) is 7.07. The number of alkyl halides is 1. The van der Waals surface area contributed by atoms with Crippen LogP contribution in [0.3, 0.4) is 0 Å². The first-order chi connectivity index (χ1) is 7.22. The van der Waals surface area contributed by atoms with Crippen LogP contribution < -0.4 is 0 Å². The van der Waals surface area contributed by atoms with Gasteiger partial charge in [-0.1, -0.05) is 28.1 Å². The van der Waals surface area contributed by atoms with Gasteiger partial charge in [0.05, 0.1) is 0 Å². The summed E-state index contributed by atoms with van der Waals surface area (Å²) in [7, 11) is 0. The minimum Gasteiger partial charge on any atom is -0.300 e. The first kappa shape index (κ1) is 12.8. The van der Waals surface area contributed by atoms with Gasteiger partial charge in [0.15, 0.2) is 0 Å². The second-order valence-electron chi connectivity index (χ2n) is 3.41. The van der Waals surface area contributed by atoms with Crippen LogP contribution >= 0.6 is 27.7 Å². The summed E-state index contributed by atoms with van der Waals surface area (Å²) >= 11 is 5.27. The minimum absolute atomic E-state index is 0.217. The molecule has 82 valence electrons. The third-order valence-electron chi connectivity index (χ3n) is 1.92. The molecular weight excluding hydrogens is 272 g/mol. The molecule has 0 saturated heterocycles. The fraction of sp³-hybridized carbons (Fsp3) is 0.417. The molecule has 1 rings (SSSR count). The number of halogens is 1. The van der Waals surface area contributed by atoms with E-state index in [0.717, 1.165) is 16.6 Å². The van der Waals surface area contributed by atoms with E-state index in [9.17, 15) is 4.79 Å². The molecule has 0 radical (unpaired) electrons. The molecule has 0 aliphatic heterocycles. The molecule has 15 heavy (non-hydrogen) atoms. The molecule has 0 saturated carbocycles. The van der Waals surface area contributed by atoms with Crippen molar-refractivity contribution >= 4 is 33.5 Å². The van der Waals surface area contributed by atoms with Crippen LogP contribution in [0, 0.1) is 0 Å². The summed E-state index contributed by atoms with van der Waals surface area (Å²) in [5, 5.41) is 1.06. The van der Waals surface area contributed by atoms with E-state index >= 15 is 0 Å². The van der Waals surface area contributed by atoms with E-state index in [4.69, 9.17) is 0 Å². The maximum absolute atomic E-state index is 10.9. The lowest BCUT2D eigenvalue weighted by atomic mass is 10.1. The number of benzene rings is 1. The highest BCUT2D eigenvalue weighted by atomic mass is 79.9. The highest BCUT2D eigenvalue weighted by molar-refractivity contribution is 9.09. The van der Waals surface area contributed by atoms with E-state index < -0.39 is 0 Å². The summed E-state index contributed by atoms with van der Waals surface area (Å²) in [5.74, 6) is 1.35. The van der Waals surface area contributed by atoms with E-state index in [0.29, 0.717) is 6.42 Å². The Balaban J connectivity index is 2.45. The molecule has 3 heteroatoms. The van der Waals surface area contributed by atoms with Crippen molar-refractivity contribution in [1.82, 2.24) is 0 Å². The Morgan fingerprint density at radius 1 is 1.33 bits per heavy atom. The minimum atomic E-state index is 0.217. The van der Waals surface area contributed by atoms with Gasteiger partial charge in [-0.25, -0.2) is 0 Å². The molecule has 1 aromatic carbocycles. The molecular formula is C12H15BrOS. The van der Waals surface area contributed by atoms with Crippen LogP contribution in [0.1, 0.15) is 18.9 Å². The number of hydrogen-bond acceptors (Lipinski definition) is 2. The summed E-state index contributed by atoms with van der Waals surface area (Å²) in [5.41, 5.74) is 1.10. The SMILES string of the molecule is CC(=O)Cc1ccc(SCCCBr)cc1. The van der Waals surface area contributed by atoms with Crippen molar-refractivity contribution in [3.8, 4) is 0 Å². The van der Waals surface area contributed by atoms with Crippen molar-refractivity contribution in [3.63, 3.8) is 0 Å². The molecule has 0 amide bonds. The lowest BCUT2D eigenvalue weighted by Gasteiger charge is -2.02. The monoisotopic (exact) mass is 286 g/mol. The van der Waals surface area contributed by atoms with Gasteiger partial charge in [0.2, 0.25) is 0 Å². The largest absolute Gasteiger partial charge is 0.300 e. The Hall–Kier alpha value is -0.280. The van der Waals surface area contributed by atoms with Gasteiger partial charge >= 0.3 is 0 Å². The maximum Gasteiger partial charge on any atom is 0.134 e. The molecule has 0 unspecified atom stereocenters. The molecule has 0 aromatic heterocycles. The van der Waals surface area contributed by atoms with E-state index in [1.807, 2.05) is 23.9 Å². The van der Waals surface area contributed by atoms with Crippen molar-refractivity contribution in [2.45, 2.75) is 24.7 Å². The Kier molecular flexibility index (Phi) is 6.03. The van der Waals surface area contributed by atoms with Crippen LogP contribution in [-0.2, 0) is 11.2 Å². The van der Waals surface area contributed by atoms with Gasteiger partial charge in [0.25, 0.3) is 0 Å². The zero-order chi connectivity index (χ0) is 11.1. The van der Waals surface area contributed by atoms with Crippen molar-refractivity contribution in [1.29, 1.82) is 0 Å². The maximum atomic E-state index is 10.9. The van der Waals surface area contributed by atoms with Crippen molar-refractivity contribution in [2.24, 2.45) is 0 Å². The van der Waals surface area contributed by atoms with Gasteiger partial charge in [-0.15, -0.1) is 11.8 Å². The van der Waals surface area contributed by atoms with Crippen LogP contribution in [0.2, 0.25) is 0 Å². The molecule has 0 aliphatic carbocycles. The second-order valence-corrected chi connectivity index (χ2v) is 5.38. The lowest BCUT2D eigenvalue weighted by molar-refractivity contribution is -0.116. The lowest BCUT2D eigenvalue weighted by Crippen LogP contribution is -1.95. The number of rotatable bonds is 6. The zero-order valence-electron chi connectivity index (χ0n) is 8.83. The third kappa shape index (κ3) is 5.38. The third-order valence-corrected chi connectivity index (χ3v) is 3.58. The molecule has 0 spiro atoms. The average molecular weight is 287 g/mol. The average Bonchev–Trinajstić information content (AvgIpc) is 2.20. The van der Waals surface area contributed by atoms with E-state index in [1.165, 1.54) is 11.3 Å². The van der Waals surface area contributed by atoms with Gasteiger partial charge in [-0.05, 0) is 36.8 Å². The van der Waals surface area contributed by atoms with Crippen LogP contribution in [-0.4, -0.2) is 16.9 Å². The number of thioether (sulfide) groups is 1. The Labute approximate surface area is 104 Å². The smallest absolute Gasteiger partial charge is 0.134 e. The topological polar surface area (TPSA) is 17.1 Å². The predicted molar refractivity (Wildman–Crippen MR) is 70.0 cm³/mol. The summed E-state index contributed by atoms with van der Waals surface area (Å²) in [6.45, 7) is 1.62. The number of Topliss-reactive ketones (excluding diaryl/α,β-unsaturated/α-hetero) is 1. The van der Waals surface area contributed by atoms with Crippen LogP contribution in [0.25, 0.3) is 0 Å². The van der Waals surface area contributed by atoms with Crippen LogP contribution in [0.4, 0.5) is 0 Å². The Bertz CT molecular complexity index is 308. The van der Waals surface area contributed by atoms with Gasteiger partial charge in [-0.2, -0.15) is 0 Å². The first-order valence-electron chi connectivity index (χ1n) is 4.99. The number of carbonyl (C=O) groups is 1. The summed E-state index contributed by atoms with van der Waals surface area (Å²) in [6, 6.07) is 8.27. The van der Waals surface area contributed by atoms with Gasteiger partial charge in [0, 0.05) is 16.6 Å². The summed E-state index contributed by atoms with van der Waals surface area (Å²) in [4.78, 5) is 12.2. The molecule has 0 heterocycles. The number of ketones is 1. The fourth-order valence-electron chi connectivity index (χ4n) is 1.24. The fourth-order valence-corrected chi connectivity index (χ4v) is 2.74. The Morgan fingerprint density at radius 3 is 2.53 bits per heavy atom. The van der Waals surface area contributed by atoms with E-state index in [2.05, 4.69) is 28.1 Å². The molecule has 0 bridgehead atoms. The van der Waals surface area contributed by atoms with E-state index in [1.54, 1.807) is 6.92 Å². The molecule has 0 aliphatic rings. The summed E-state index contributed by atoms with van der Waals surface area (Å²) < 4.78 is 0. The highest BCUT2D eigenvalue weighted by Gasteiger charge is 1.98.